The Hall–Kier alpha value is -2.42. The van der Waals surface area contributed by atoms with Crippen molar-refractivity contribution < 1.29 is 66.3 Å². The van der Waals surface area contributed by atoms with Crippen LogP contribution in [0.4, 0.5) is 13.2 Å². The maximum absolute atomic E-state index is 12.3. The fourth-order valence-corrected chi connectivity index (χ4v) is 6.13. The third-order valence-corrected chi connectivity index (χ3v) is 8.89. The van der Waals surface area contributed by atoms with Crippen LogP contribution in [0.3, 0.4) is 0 Å². The van der Waals surface area contributed by atoms with Gasteiger partial charge in [0.25, 0.3) is 3.57 Å². The van der Waals surface area contributed by atoms with Crippen LogP contribution >= 0.6 is 11.6 Å². The molecule has 0 aliphatic heterocycles. The summed E-state index contributed by atoms with van der Waals surface area (Å²) in [5.74, 6) is 1.34. The van der Waals surface area contributed by atoms with Crippen LogP contribution in [0.5, 0.6) is 23.0 Å². The fraction of sp³-hybridized carbons (Fsp3) is 0.217. The molecule has 3 rings (SSSR count). The van der Waals surface area contributed by atoms with Crippen LogP contribution in [-0.2, 0) is 10.1 Å². The van der Waals surface area contributed by atoms with E-state index in [4.69, 9.17) is 25.8 Å². The normalized spacial score (nSPS) is 11.2. The fourth-order valence-electron chi connectivity index (χ4n) is 2.61. The third-order valence-electron chi connectivity index (χ3n) is 4.29. The highest BCUT2D eigenvalue weighted by Gasteiger charge is 2.33. The van der Waals surface area contributed by atoms with E-state index in [2.05, 4.69) is 4.74 Å². The van der Waals surface area contributed by atoms with Crippen molar-refractivity contribution in [2.45, 2.75) is 18.2 Å². The molecule has 0 N–H and O–H groups in total. The van der Waals surface area contributed by atoms with Gasteiger partial charge < -0.3 is 23.5 Å². The molecule has 3 aromatic rings. The highest BCUT2D eigenvalue weighted by molar-refractivity contribution is 7.85. The standard InChI is InChI=1S/C16H14ClF3IO4.C7H8O3S/c1-22-10-7-13(23-2)15(14(8-10)24-3)21-12-5-4-9(6-11(12)17)25-16(18,19)20;1-6-2-4-7(5-3-6)11(8,9)10/h4-8H,1-3H3;2-5H,1H3,(H,8,9,10)/q+1;/p-1. The predicted molar refractivity (Wildman–Crippen MR) is 121 cm³/mol. The summed E-state index contributed by atoms with van der Waals surface area (Å²) >= 11 is 5.24. The summed E-state index contributed by atoms with van der Waals surface area (Å²) in [7, 11) is 0.292. The number of alkyl halides is 3. The minimum Gasteiger partial charge on any atom is -0.744 e. The second-order valence-corrected chi connectivity index (χ2v) is 11.4. The van der Waals surface area contributed by atoms with E-state index in [1.165, 1.54) is 45.6 Å². The first-order valence-corrected chi connectivity index (χ1v) is 13.7. The van der Waals surface area contributed by atoms with Crippen LogP contribution in [0.1, 0.15) is 5.56 Å². The molecule has 0 saturated carbocycles. The molecule has 0 fully saturated rings. The smallest absolute Gasteiger partial charge is 0.573 e. The lowest BCUT2D eigenvalue weighted by atomic mass is 10.2. The van der Waals surface area contributed by atoms with Gasteiger partial charge in [-0.25, -0.2) is 8.42 Å². The van der Waals surface area contributed by atoms with Gasteiger partial charge in [-0.3, -0.25) is 0 Å². The summed E-state index contributed by atoms with van der Waals surface area (Å²) < 4.78 is 89.4. The Balaban J connectivity index is 0.000000346. The molecule has 0 amide bonds. The first-order chi connectivity index (χ1) is 16.8. The van der Waals surface area contributed by atoms with E-state index in [-0.39, 0.29) is 15.7 Å². The maximum Gasteiger partial charge on any atom is 0.573 e. The van der Waals surface area contributed by atoms with Gasteiger partial charge in [0.05, 0.1) is 31.2 Å². The lowest BCUT2D eigenvalue weighted by molar-refractivity contribution is -0.598. The summed E-state index contributed by atoms with van der Waals surface area (Å²) in [6.07, 6.45) is -4.76. The predicted octanol–water partition coefficient (Wildman–Crippen LogP) is 2.29. The molecule has 7 nitrogen and oxygen atoms in total. The highest BCUT2D eigenvalue weighted by atomic mass is 127. The molecule has 0 heterocycles. The summed E-state index contributed by atoms with van der Waals surface area (Å²) in [5.41, 5.74) is 0.928. The number of halogens is 5. The first kappa shape index (κ1) is 29.8. The van der Waals surface area contributed by atoms with Crippen LogP contribution < -0.4 is 40.2 Å². The van der Waals surface area contributed by atoms with E-state index in [0.717, 1.165) is 15.2 Å². The summed E-state index contributed by atoms with van der Waals surface area (Å²) in [4.78, 5) is -0.178. The topological polar surface area (TPSA) is 94.1 Å². The van der Waals surface area contributed by atoms with Crippen molar-refractivity contribution >= 4 is 21.7 Å². The van der Waals surface area contributed by atoms with E-state index in [9.17, 15) is 26.1 Å². The number of aryl methyl sites for hydroxylation is 1. The Morgan fingerprint density at radius 3 is 1.83 bits per heavy atom. The Kier molecular flexibility index (Phi) is 10.5. The molecule has 0 aliphatic rings. The maximum atomic E-state index is 12.3. The number of ether oxygens (including phenoxy) is 4. The van der Waals surface area contributed by atoms with E-state index < -0.39 is 37.7 Å². The quantitative estimate of drug-likeness (QED) is 0.284. The third kappa shape index (κ3) is 8.91. The average molecular weight is 661 g/mol. The van der Waals surface area contributed by atoms with E-state index in [1.54, 1.807) is 24.3 Å². The van der Waals surface area contributed by atoms with E-state index in [0.29, 0.717) is 20.8 Å². The van der Waals surface area contributed by atoms with E-state index >= 15 is 0 Å². The van der Waals surface area contributed by atoms with Gasteiger partial charge in [-0.2, -0.15) is 0 Å². The zero-order valence-corrected chi connectivity index (χ0v) is 23.1. The van der Waals surface area contributed by atoms with Crippen LogP contribution in [0.25, 0.3) is 0 Å². The lowest BCUT2D eigenvalue weighted by Crippen LogP contribution is -3.61. The molecule has 0 saturated heterocycles. The second kappa shape index (κ2) is 12.7. The van der Waals surface area contributed by atoms with Gasteiger partial charge in [-0.1, -0.05) is 29.3 Å². The Labute approximate surface area is 222 Å². The van der Waals surface area contributed by atoms with Crippen molar-refractivity contribution in [2.24, 2.45) is 0 Å². The van der Waals surface area contributed by atoms with Gasteiger partial charge >= 0.3 is 27.6 Å². The summed E-state index contributed by atoms with van der Waals surface area (Å²) in [6, 6.07) is 13.1. The molecule has 0 radical (unpaired) electrons. The molecule has 13 heteroatoms. The molecule has 196 valence electrons. The monoisotopic (exact) mass is 660 g/mol. The lowest BCUT2D eigenvalue weighted by Gasteiger charge is -2.09. The van der Waals surface area contributed by atoms with Crippen molar-refractivity contribution in [1.82, 2.24) is 0 Å². The molecule has 0 bridgehead atoms. The van der Waals surface area contributed by atoms with Crippen LogP contribution in [0.2, 0.25) is 5.02 Å². The molecule has 0 aliphatic carbocycles. The number of methoxy groups -OCH3 is 3. The van der Waals surface area contributed by atoms with E-state index in [1.807, 2.05) is 6.92 Å². The molecular formula is C23H21ClF3IO7S. The van der Waals surface area contributed by atoms with Gasteiger partial charge in [0.1, 0.15) is 21.6 Å². The number of benzene rings is 3. The van der Waals surface area contributed by atoms with Crippen LogP contribution in [0.15, 0.2) is 59.5 Å². The molecular weight excluding hydrogens is 640 g/mol. The zero-order chi connectivity index (χ0) is 27.1. The summed E-state index contributed by atoms with van der Waals surface area (Å²) in [5, 5.41) is 0.189. The van der Waals surface area contributed by atoms with Crippen molar-refractivity contribution in [3.05, 3.63) is 72.3 Å². The summed E-state index contributed by atoms with van der Waals surface area (Å²) in [6.45, 7) is 1.82. The average Bonchev–Trinajstić information content (AvgIpc) is 2.79. The highest BCUT2D eigenvalue weighted by Crippen LogP contribution is 2.28. The molecule has 0 atom stereocenters. The van der Waals surface area contributed by atoms with Gasteiger partial charge in [0.2, 0.25) is 3.57 Å². The number of hydrogen-bond donors (Lipinski definition) is 0. The van der Waals surface area contributed by atoms with Crippen molar-refractivity contribution in [3.63, 3.8) is 0 Å². The molecule has 3 aromatic carbocycles. The van der Waals surface area contributed by atoms with Crippen molar-refractivity contribution in [3.8, 4) is 23.0 Å². The van der Waals surface area contributed by atoms with Crippen LogP contribution in [0, 0.1) is 14.1 Å². The Morgan fingerprint density at radius 2 is 1.42 bits per heavy atom. The van der Waals surface area contributed by atoms with Crippen molar-refractivity contribution in [1.29, 1.82) is 0 Å². The molecule has 0 spiro atoms. The minimum absolute atomic E-state index is 0.178. The second-order valence-electron chi connectivity index (χ2n) is 6.83. The number of rotatable bonds is 7. The van der Waals surface area contributed by atoms with Crippen LogP contribution in [-0.4, -0.2) is 40.7 Å². The molecule has 36 heavy (non-hydrogen) atoms. The van der Waals surface area contributed by atoms with Gasteiger partial charge in [-0.05, 0) is 31.2 Å². The Bertz CT molecular complexity index is 1260. The largest absolute Gasteiger partial charge is 0.744 e. The molecule has 0 aromatic heterocycles. The Morgan fingerprint density at radius 1 is 0.861 bits per heavy atom. The first-order valence-electron chi connectivity index (χ1n) is 9.80. The minimum atomic E-state index is -4.76. The van der Waals surface area contributed by atoms with Gasteiger partial charge in [-0.15, -0.1) is 13.2 Å². The SMILES string of the molecule is COc1cc(OC)c([I+]c2ccc(OC(F)(F)F)cc2Cl)c(OC)c1.Cc1ccc(S(=O)(=O)[O-])cc1. The van der Waals surface area contributed by atoms with Crippen molar-refractivity contribution in [2.75, 3.05) is 21.3 Å². The zero-order valence-electron chi connectivity index (χ0n) is 19.4. The van der Waals surface area contributed by atoms with Gasteiger partial charge in [0, 0.05) is 18.2 Å². The number of hydrogen-bond acceptors (Lipinski definition) is 7. The van der Waals surface area contributed by atoms with Gasteiger partial charge in [0.15, 0.2) is 11.5 Å². The molecule has 0 unspecified atom stereocenters.